The van der Waals surface area contributed by atoms with Gasteiger partial charge in [-0.1, -0.05) is 60.7 Å². The lowest BCUT2D eigenvalue weighted by Crippen LogP contribution is -2.53. The van der Waals surface area contributed by atoms with Crippen LogP contribution >= 0.6 is 0 Å². The molecule has 0 saturated carbocycles. The molecule has 3 aromatic carbocycles. The van der Waals surface area contributed by atoms with Crippen LogP contribution in [0, 0.1) is 0 Å². The van der Waals surface area contributed by atoms with Crippen LogP contribution in [0.1, 0.15) is 18.0 Å². The second kappa shape index (κ2) is 7.85. The highest BCUT2D eigenvalue weighted by Crippen LogP contribution is 2.29. The van der Waals surface area contributed by atoms with Crippen LogP contribution in [0.15, 0.2) is 72.8 Å². The summed E-state index contributed by atoms with van der Waals surface area (Å²) < 4.78 is 0. The van der Waals surface area contributed by atoms with Gasteiger partial charge in [0, 0.05) is 37.9 Å². The van der Waals surface area contributed by atoms with E-state index in [1.165, 1.54) is 22.0 Å². The van der Waals surface area contributed by atoms with Crippen molar-refractivity contribution in [1.82, 2.24) is 15.8 Å². The fourth-order valence-electron chi connectivity index (χ4n) is 4.52. The van der Waals surface area contributed by atoms with E-state index in [2.05, 4.69) is 82.5 Å². The lowest BCUT2D eigenvalue weighted by atomic mass is 9.96. The van der Waals surface area contributed by atoms with E-state index in [4.69, 9.17) is 0 Å². The smallest absolute Gasteiger partial charge is 0.241 e. The minimum Gasteiger partial charge on any atom is -0.368 e. The third-order valence-electron chi connectivity index (χ3n) is 6.11. The van der Waals surface area contributed by atoms with Crippen molar-refractivity contribution in [1.29, 1.82) is 0 Å². The first-order valence-corrected chi connectivity index (χ1v) is 10.4. The van der Waals surface area contributed by atoms with Gasteiger partial charge in [-0.3, -0.25) is 4.79 Å². The molecule has 2 aliphatic rings. The SMILES string of the molecule is O=C(C1CC(c2cccc3ccccc23)NN1)N1CCN(c2ccccc2)CC1. The molecule has 0 radical (unpaired) electrons. The van der Waals surface area contributed by atoms with Crippen molar-refractivity contribution >= 4 is 22.4 Å². The van der Waals surface area contributed by atoms with Crippen molar-refractivity contribution in [2.45, 2.75) is 18.5 Å². The Labute approximate surface area is 171 Å². The van der Waals surface area contributed by atoms with Gasteiger partial charge < -0.3 is 9.80 Å². The van der Waals surface area contributed by atoms with Gasteiger partial charge in [0.1, 0.15) is 6.04 Å². The molecule has 2 heterocycles. The highest BCUT2D eigenvalue weighted by atomic mass is 16.2. The summed E-state index contributed by atoms with van der Waals surface area (Å²) in [6, 6.07) is 25.2. The Hall–Kier alpha value is -2.89. The van der Waals surface area contributed by atoms with Gasteiger partial charge in [0.15, 0.2) is 0 Å². The molecular formula is C24H26N4O. The van der Waals surface area contributed by atoms with Crippen molar-refractivity contribution in [3.63, 3.8) is 0 Å². The number of carbonyl (C=O) groups is 1. The Balaban J connectivity index is 1.23. The predicted molar refractivity (Wildman–Crippen MR) is 117 cm³/mol. The van der Waals surface area contributed by atoms with Crippen LogP contribution in [-0.4, -0.2) is 43.0 Å². The van der Waals surface area contributed by atoms with Crippen molar-refractivity contribution in [2.24, 2.45) is 0 Å². The average Bonchev–Trinajstić information content (AvgIpc) is 3.29. The van der Waals surface area contributed by atoms with E-state index in [9.17, 15) is 4.79 Å². The number of nitrogens with zero attached hydrogens (tertiary/aromatic N) is 2. The van der Waals surface area contributed by atoms with E-state index in [-0.39, 0.29) is 18.0 Å². The van der Waals surface area contributed by atoms with Crippen LogP contribution in [0.2, 0.25) is 0 Å². The molecule has 2 N–H and O–H groups in total. The zero-order chi connectivity index (χ0) is 19.6. The van der Waals surface area contributed by atoms with Gasteiger partial charge in [0.25, 0.3) is 0 Å². The number of nitrogens with one attached hydrogen (secondary N) is 2. The molecule has 29 heavy (non-hydrogen) atoms. The second-order valence-electron chi connectivity index (χ2n) is 7.85. The number of fused-ring (bicyclic) bond motifs is 1. The standard InChI is InChI=1S/C24H26N4O/c29-24(28-15-13-27(14-16-28)19-9-2-1-3-10-19)23-17-22(25-26-23)21-12-6-8-18-7-4-5-11-20(18)21/h1-12,22-23,25-26H,13-17H2. The molecule has 1 amide bonds. The van der Waals surface area contributed by atoms with Gasteiger partial charge in [0.2, 0.25) is 5.91 Å². The summed E-state index contributed by atoms with van der Waals surface area (Å²) in [5.74, 6) is 0.202. The van der Waals surface area contributed by atoms with E-state index < -0.39 is 0 Å². The lowest BCUT2D eigenvalue weighted by molar-refractivity contribution is -0.133. The first-order valence-electron chi connectivity index (χ1n) is 10.4. The van der Waals surface area contributed by atoms with Crippen LogP contribution in [0.5, 0.6) is 0 Å². The highest BCUT2D eigenvalue weighted by molar-refractivity contribution is 5.87. The molecule has 0 spiro atoms. The van der Waals surface area contributed by atoms with Gasteiger partial charge in [-0.25, -0.2) is 10.9 Å². The number of benzene rings is 3. The summed E-state index contributed by atoms with van der Waals surface area (Å²) in [7, 11) is 0. The molecular weight excluding hydrogens is 360 g/mol. The van der Waals surface area contributed by atoms with Gasteiger partial charge >= 0.3 is 0 Å². The maximum absolute atomic E-state index is 13.1. The number of hydrogen-bond acceptors (Lipinski definition) is 4. The van der Waals surface area contributed by atoms with Crippen molar-refractivity contribution in [3.8, 4) is 0 Å². The third kappa shape index (κ3) is 3.59. The predicted octanol–water partition coefficient (Wildman–Crippen LogP) is 3.10. The highest BCUT2D eigenvalue weighted by Gasteiger charge is 2.34. The Bertz CT molecular complexity index is 993. The van der Waals surface area contributed by atoms with E-state index in [1.54, 1.807) is 0 Å². The largest absolute Gasteiger partial charge is 0.368 e. The summed E-state index contributed by atoms with van der Waals surface area (Å²) in [5, 5.41) is 2.48. The molecule has 3 aromatic rings. The number of hydrazine groups is 1. The fraction of sp³-hybridized carbons (Fsp3) is 0.292. The maximum atomic E-state index is 13.1. The molecule has 0 aromatic heterocycles. The summed E-state index contributed by atoms with van der Waals surface area (Å²) in [6.07, 6.45) is 0.770. The van der Waals surface area contributed by atoms with Crippen molar-refractivity contribution in [2.75, 3.05) is 31.1 Å². The summed E-state index contributed by atoms with van der Waals surface area (Å²) in [6.45, 7) is 3.29. The molecule has 5 rings (SSSR count). The summed E-state index contributed by atoms with van der Waals surface area (Å²) in [5.41, 5.74) is 9.10. The third-order valence-corrected chi connectivity index (χ3v) is 6.11. The zero-order valence-electron chi connectivity index (χ0n) is 16.4. The van der Waals surface area contributed by atoms with Crippen molar-refractivity contribution in [3.05, 3.63) is 78.4 Å². The van der Waals surface area contributed by atoms with Crippen molar-refractivity contribution < 1.29 is 4.79 Å². The Morgan fingerprint density at radius 3 is 2.34 bits per heavy atom. The van der Waals surface area contributed by atoms with Crippen LogP contribution in [0.25, 0.3) is 10.8 Å². The first kappa shape index (κ1) is 18.2. The van der Waals surface area contributed by atoms with Crippen LogP contribution < -0.4 is 15.8 Å². The number of rotatable bonds is 3. The first-order chi connectivity index (χ1) is 14.3. The van der Waals surface area contributed by atoms with Crippen LogP contribution in [0.4, 0.5) is 5.69 Å². The number of amides is 1. The van der Waals surface area contributed by atoms with E-state index in [0.29, 0.717) is 0 Å². The Kier molecular flexibility index (Phi) is 4.92. The Morgan fingerprint density at radius 2 is 1.52 bits per heavy atom. The van der Waals surface area contributed by atoms with Gasteiger partial charge in [-0.05, 0) is 34.9 Å². The lowest BCUT2D eigenvalue weighted by Gasteiger charge is -2.37. The normalized spacial score (nSPS) is 22.2. The zero-order valence-corrected chi connectivity index (χ0v) is 16.4. The summed E-state index contributed by atoms with van der Waals surface area (Å²) in [4.78, 5) is 17.4. The second-order valence-corrected chi connectivity index (χ2v) is 7.85. The minimum atomic E-state index is -0.178. The molecule has 2 aliphatic heterocycles. The number of anilines is 1. The van der Waals surface area contributed by atoms with Gasteiger partial charge in [-0.2, -0.15) is 0 Å². The molecule has 2 unspecified atom stereocenters. The molecule has 2 fully saturated rings. The van der Waals surface area contributed by atoms with E-state index >= 15 is 0 Å². The number of hydrogen-bond donors (Lipinski definition) is 2. The topological polar surface area (TPSA) is 47.6 Å². The molecule has 148 valence electrons. The molecule has 0 bridgehead atoms. The fourth-order valence-corrected chi connectivity index (χ4v) is 4.52. The summed E-state index contributed by atoms with van der Waals surface area (Å²) >= 11 is 0. The molecule has 2 atom stereocenters. The van der Waals surface area contributed by atoms with Gasteiger partial charge in [0.05, 0.1) is 0 Å². The number of piperazine rings is 1. The Morgan fingerprint density at radius 1 is 0.793 bits per heavy atom. The van der Waals surface area contributed by atoms with E-state index in [0.717, 1.165) is 32.6 Å². The van der Waals surface area contributed by atoms with Gasteiger partial charge in [-0.15, -0.1) is 0 Å². The van der Waals surface area contributed by atoms with Crippen LogP contribution in [-0.2, 0) is 4.79 Å². The number of carbonyl (C=O) groups excluding carboxylic acids is 1. The van der Waals surface area contributed by atoms with Crippen LogP contribution in [0.3, 0.4) is 0 Å². The maximum Gasteiger partial charge on any atom is 0.241 e. The molecule has 2 saturated heterocycles. The number of para-hydroxylation sites is 1. The minimum absolute atomic E-state index is 0.139. The quantitative estimate of drug-likeness (QED) is 0.726. The molecule has 0 aliphatic carbocycles. The van der Waals surface area contributed by atoms with E-state index in [1.807, 2.05) is 11.0 Å². The monoisotopic (exact) mass is 386 g/mol. The molecule has 5 nitrogen and oxygen atoms in total. The average molecular weight is 386 g/mol. The molecule has 5 heteroatoms.